The largest absolute Gasteiger partial charge is 0.477 e. The molecule has 1 aliphatic heterocycles. The van der Waals surface area contributed by atoms with Gasteiger partial charge in [-0.05, 0) is 6.42 Å². The van der Waals surface area contributed by atoms with E-state index in [9.17, 15) is 39.9 Å². The molecule has 0 spiro atoms. The molecule has 0 aromatic heterocycles. The van der Waals surface area contributed by atoms with E-state index in [2.05, 4.69) is 17.6 Å². The molecule has 276 valence electrons. The predicted molar refractivity (Wildman–Crippen MR) is 173 cm³/mol. The van der Waals surface area contributed by atoms with Crippen LogP contribution in [0, 0.1) is 0 Å². The van der Waals surface area contributed by atoms with E-state index in [1.165, 1.54) is 70.6 Å². The lowest BCUT2D eigenvalue weighted by molar-refractivity contribution is -0.312. The van der Waals surface area contributed by atoms with Gasteiger partial charge in [0.1, 0.15) is 18.3 Å². The van der Waals surface area contributed by atoms with E-state index in [0.717, 1.165) is 19.8 Å². The van der Waals surface area contributed by atoms with Crippen molar-refractivity contribution in [3.63, 3.8) is 0 Å². The number of amides is 2. The zero-order chi connectivity index (χ0) is 34.9. The summed E-state index contributed by atoms with van der Waals surface area (Å²) < 4.78 is 21.8. The maximum absolute atomic E-state index is 12.1. The molecule has 6 atom stereocenters. The molecular formula is C33H62N2O12. The summed E-state index contributed by atoms with van der Waals surface area (Å²) in [7, 11) is 0. The molecule has 1 saturated heterocycles. The molecule has 14 nitrogen and oxygen atoms in total. The van der Waals surface area contributed by atoms with Gasteiger partial charge in [0.05, 0.1) is 51.8 Å². The van der Waals surface area contributed by atoms with Gasteiger partial charge >= 0.3 is 5.97 Å². The number of aliphatic hydroxyl groups excluding tert-OH is 4. The first-order chi connectivity index (χ1) is 22.6. The van der Waals surface area contributed by atoms with Crippen molar-refractivity contribution < 1.29 is 58.9 Å². The summed E-state index contributed by atoms with van der Waals surface area (Å²) in [6.07, 6.45) is 9.63. The lowest BCUT2D eigenvalue weighted by Gasteiger charge is -2.46. The number of rotatable bonds is 29. The molecule has 0 unspecified atom stereocenters. The third-order valence-corrected chi connectivity index (χ3v) is 8.20. The Morgan fingerprint density at radius 3 is 1.91 bits per heavy atom. The van der Waals surface area contributed by atoms with E-state index in [-0.39, 0.29) is 32.3 Å². The fourth-order valence-corrected chi connectivity index (χ4v) is 5.52. The van der Waals surface area contributed by atoms with E-state index < -0.39 is 61.1 Å². The summed E-state index contributed by atoms with van der Waals surface area (Å²) in [4.78, 5) is 35.7. The summed E-state index contributed by atoms with van der Waals surface area (Å²) in [5.41, 5.74) is 0. The molecule has 0 saturated carbocycles. The van der Waals surface area contributed by atoms with Gasteiger partial charge in [0.15, 0.2) is 0 Å². The minimum atomic E-state index is -2.40. The molecule has 7 N–H and O–H groups in total. The van der Waals surface area contributed by atoms with Gasteiger partial charge < -0.3 is 55.1 Å². The molecule has 0 aromatic rings. The van der Waals surface area contributed by atoms with Gasteiger partial charge in [-0.25, -0.2) is 4.79 Å². The van der Waals surface area contributed by atoms with Crippen LogP contribution in [0.4, 0.5) is 0 Å². The Morgan fingerprint density at radius 1 is 0.851 bits per heavy atom. The highest BCUT2D eigenvalue weighted by Gasteiger charge is 2.55. The first kappa shape index (κ1) is 43.1. The number of hydrogen-bond acceptors (Lipinski definition) is 11. The molecule has 2 amide bonds. The van der Waals surface area contributed by atoms with E-state index >= 15 is 0 Å². The Balaban J connectivity index is 2.15. The smallest absolute Gasteiger partial charge is 0.364 e. The zero-order valence-corrected chi connectivity index (χ0v) is 28.5. The second-order valence-electron chi connectivity index (χ2n) is 12.3. The first-order valence-corrected chi connectivity index (χ1v) is 17.5. The fraction of sp³-hybridized carbons (Fsp3) is 0.909. The molecule has 1 rings (SSSR count). The van der Waals surface area contributed by atoms with E-state index in [1.807, 2.05) is 0 Å². The number of nitrogens with one attached hydrogen (secondary N) is 2. The van der Waals surface area contributed by atoms with Gasteiger partial charge in [-0.15, -0.1) is 0 Å². The van der Waals surface area contributed by atoms with Crippen molar-refractivity contribution >= 4 is 17.8 Å². The van der Waals surface area contributed by atoms with Crippen molar-refractivity contribution in [3.8, 4) is 0 Å². The van der Waals surface area contributed by atoms with Crippen molar-refractivity contribution in [2.24, 2.45) is 0 Å². The second kappa shape index (κ2) is 26.0. The quantitative estimate of drug-likeness (QED) is 0.0564. The average molecular weight is 679 g/mol. The summed E-state index contributed by atoms with van der Waals surface area (Å²) in [5, 5.41) is 55.2. The van der Waals surface area contributed by atoms with Crippen LogP contribution < -0.4 is 10.6 Å². The molecule has 47 heavy (non-hydrogen) atoms. The topological polar surface area (TPSA) is 213 Å². The van der Waals surface area contributed by atoms with E-state index in [4.69, 9.17) is 18.9 Å². The number of ether oxygens (including phenoxy) is 4. The summed E-state index contributed by atoms with van der Waals surface area (Å²) >= 11 is 0. The van der Waals surface area contributed by atoms with Crippen LogP contribution in [-0.2, 0) is 33.3 Å². The average Bonchev–Trinajstić information content (AvgIpc) is 3.04. The standard InChI is InChI=1S/C33H62N2O12/c1-3-4-5-6-7-8-9-10-11-12-13-14-15-16-28(40)34-17-18-44-19-20-45-21-22-46-33(32(42)43)23-26(38)29(35-25(2)37)31(47-33)30(41)27(39)24-36/h26-27,29-31,36,38-39,41H,3-24H2,1-2H3,(H,34,40)(H,35,37)(H,42,43)/t26-,27+,29+,30+,31+,33-/m0/s1. The van der Waals surface area contributed by atoms with E-state index in [1.54, 1.807) is 0 Å². The molecule has 1 fully saturated rings. The normalized spacial score (nSPS) is 22.5. The summed E-state index contributed by atoms with van der Waals surface area (Å²) in [6.45, 7) is 3.34. The van der Waals surface area contributed by atoms with Crippen LogP contribution in [0.1, 0.15) is 110 Å². The Labute approximate surface area is 279 Å². The van der Waals surface area contributed by atoms with Crippen LogP contribution in [0.5, 0.6) is 0 Å². The Kier molecular flexibility index (Phi) is 23.9. The summed E-state index contributed by atoms with van der Waals surface area (Å²) in [5.74, 6) is -4.56. The Morgan fingerprint density at radius 2 is 1.38 bits per heavy atom. The SMILES string of the molecule is CCCCCCCCCCCCCCCC(=O)NCCOCCOCCO[C@@]1(C(=O)O)C[C@H](O)[C@@H](NC(C)=O)[C@H]([C@H](O)[C@H](O)CO)O1. The van der Waals surface area contributed by atoms with Crippen LogP contribution in [0.25, 0.3) is 0 Å². The monoisotopic (exact) mass is 678 g/mol. The van der Waals surface area contributed by atoms with Crippen LogP contribution >= 0.6 is 0 Å². The van der Waals surface area contributed by atoms with Crippen molar-refractivity contribution in [1.82, 2.24) is 10.6 Å². The highest BCUT2D eigenvalue weighted by molar-refractivity contribution is 5.76. The van der Waals surface area contributed by atoms with Crippen molar-refractivity contribution in [2.45, 2.75) is 146 Å². The van der Waals surface area contributed by atoms with Gasteiger partial charge in [0.25, 0.3) is 5.79 Å². The molecular weight excluding hydrogens is 616 g/mol. The van der Waals surface area contributed by atoms with Gasteiger partial charge in [0, 0.05) is 26.3 Å². The Hall–Kier alpha value is -1.91. The molecule has 0 aliphatic carbocycles. The first-order valence-electron chi connectivity index (χ1n) is 17.5. The number of carbonyl (C=O) groups is 3. The van der Waals surface area contributed by atoms with Crippen molar-refractivity contribution in [1.29, 1.82) is 0 Å². The van der Waals surface area contributed by atoms with Crippen LogP contribution in [0.2, 0.25) is 0 Å². The highest BCUT2D eigenvalue weighted by Crippen LogP contribution is 2.33. The summed E-state index contributed by atoms with van der Waals surface area (Å²) in [6, 6.07) is -1.27. The number of carboxylic acids is 1. The van der Waals surface area contributed by atoms with Gasteiger partial charge in [0.2, 0.25) is 11.8 Å². The molecule has 1 heterocycles. The fourth-order valence-electron chi connectivity index (χ4n) is 5.52. The van der Waals surface area contributed by atoms with Crippen molar-refractivity contribution in [2.75, 3.05) is 46.2 Å². The van der Waals surface area contributed by atoms with Gasteiger partial charge in [-0.3, -0.25) is 9.59 Å². The maximum atomic E-state index is 12.1. The molecule has 1 aliphatic rings. The number of hydrogen-bond donors (Lipinski definition) is 7. The number of carboxylic acid groups (broad SMARTS) is 1. The molecule has 0 radical (unpaired) electrons. The maximum Gasteiger partial charge on any atom is 0.364 e. The zero-order valence-electron chi connectivity index (χ0n) is 28.5. The third kappa shape index (κ3) is 18.4. The number of aliphatic hydroxyl groups is 4. The number of unbranched alkanes of at least 4 members (excludes halogenated alkanes) is 12. The van der Waals surface area contributed by atoms with Crippen LogP contribution in [-0.4, -0.2) is 126 Å². The van der Waals surface area contributed by atoms with Gasteiger partial charge in [-0.1, -0.05) is 84.0 Å². The van der Waals surface area contributed by atoms with Crippen LogP contribution in [0.15, 0.2) is 0 Å². The highest BCUT2D eigenvalue weighted by atomic mass is 16.7. The van der Waals surface area contributed by atoms with Crippen LogP contribution in [0.3, 0.4) is 0 Å². The lowest BCUT2D eigenvalue weighted by Crippen LogP contribution is -2.68. The molecule has 0 aromatic carbocycles. The van der Waals surface area contributed by atoms with Gasteiger partial charge in [-0.2, -0.15) is 0 Å². The minimum Gasteiger partial charge on any atom is -0.477 e. The molecule has 14 heteroatoms. The third-order valence-electron chi connectivity index (χ3n) is 8.20. The molecule has 0 bridgehead atoms. The number of carbonyl (C=O) groups excluding carboxylic acids is 2. The van der Waals surface area contributed by atoms with Crippen molar-refractivity contribution in [3.05, 3.63) is 0 Å². The minimum absolute atomic E-state index is 0.0107. The number of aliphatic carboxylic acids is 1. The second-order valence-corrected chi connectivity index (χ2v) is 12.3. The lowest BCUT2D eigenvalue weighted by atomic mass is 9.88. The Bertz CT molecular complexity index is 850. The predicted octanol–water partition coefficient (Wildman–Crippen LogP) is 1.78. The van der Waals surface area contributed by atoms with E-state index in [0.29, 0.717) is 19.6 Å².